The number of hydrogen-bond donors (Lipinski definition) is 1. The lowest BCUT2D eigenvalue weighted by molar-refractivity contribution is 0.0950. The first-order chi connectivity index (χ1) is 12.0. The summed E-state index contributed by atoms with van der Waals surface area (Å²) in [6.45, 7) is 1.42. The van der Waals surface area contributed by atoms with E-state index in [1.165, 1.54) is 10.5 Å². The summed E-state index contributed by atoms with van der Waals surface area (Å²) in [6, 6.07) is 9.79. The maximum absolute atomic E-state index is 12.5. The molecule has 1 saturated heterocycles. The summed E-state index contributed by atoms with van der Waals surface area (Å²) in [5, 5.41) is 2.89. The van der Waals surface area contributed by atoms with E-state index in [0.29, 0.717) is 18.7 Å². The Morgan fingerprint density at radius 3 is 2.48 bits per heavy atom. The van der Waals surface area contributed by atoms with Crippen molar-refractivity contribution in [3.63, 3.8) is 0 Å². The van der Waals surface area contributed by atoms with Gasteiger partial charge in [0.15, 0.2) is 0 Å². The highest BCUT2D eigenvalue weighted by molar-refractivity contribution is 7.89. The summed E-state index contributed by atoms with van der Waals surface area (Å²) in [6.07, 6.45) is 3.32. The van der Waals surface area contributed by atoms with Gasteiger partial charge in [0.25, 0.3) is 5.91 Å². The molecule has 0 radical (unpaired) electrons. The quantitative estimate of drug-likeness (QED) is 0.809. The van der Waals surface area contributed by atoms with E-state index in [9.17, 15) is 13.2 Å². The van der Waals surface area contributed by atoms with Crippen molar-refractivity contribution in [3.8, 4) is 0 Å². The van der Waals surface area contributed by atoms with Crippen LogP contribution in [-0.4, -0.2) is 36.7 Å². The molecule has 0 saturated carbocycles. The predicted octanol–water partition coefficient (Wildman–Crippen LogP) is 2.45. The fraction of sp³-hybridized carbons (Fsp3) is 0.294. The lowest BCUT2D eigenvalue weighted by atomic mass is 10.2. The van der Waals surface area contributed by atoms with Crippen LogP contribution in [0.4, 0.5) is 0 Å². The van der Waals surface area contributed by atoms with Gasteiger partial charge in [-0.1, -0.05) is 23.7 Å². The van der Waals surface area contributed by atoms with Crippen molar-refractivity contribution in [2.45, 2.75) is 24.3 Å². The second-order valence-electron chi connectivity index (χ2n) is 5.78. The lowest BCUT2D eigenvalue weighted by Gasteiger charge is -2.15. The molecule has 25 heavy (non-hydrogen) atoms. The molecule has 132 valence electrons. The van der Waals surface area contributed by atoms with Gasteiger partial charge in [-0.3, -0.25) is 4.79 Å². The minimum absolute atomic E-state index is 0.145. The van der Waals surface area contributed by atoms with Crippen LogP contribution >= 0.6 is 11.6 Å². The number of carbonyl (C=O) groups excluding carboxylic acids is 1. The van der Waals surface area contributed by atoms with Gasteiger partial charge in [0.05, 0.1) is 10.5 Å². The van der Waals surface area contributed by atoms with Crippen LogP contribution in [0.2, 0.25) is 5.15 Å². The van der Waals surface area contributed by atoms with Gasteiger partial charge >= 0.3 is 0 Å². The van der Waals surface area contributed by atoms with Gasteiger partial charge in [-0.05, 0) is 42.7 Å². The highest BCUT2D eigenvalue weighted by Crippen LogP contribution is 2.21. The average Bonchev–Trinajstić information content (AvgIpc) is 3.16. The fourth-order valence-corrected chi connectivity index (χ4v) is 4.41. The van der Waals surface area contributed by atoms with E-state index in [4.69, 9.17) is 11.6 Å². The van der Waals surface area contributed by atoms with Gasteiger partial charge < -0.3 is 5.32 Å². The maximum atomic E-state index is 12.5. The summed E-state index contributed by atoms with van der Waals surface area (Å²) >= 11 is 5.89. The Bertz CT molecular complexity index is 863. The van der Waals surface area contributed by atoms with Crippen molar-refractivity contribution in [3.05, 3.63) is 58.9 Å². The molecule has 0 atom stereocenters. The molecule has 0 aliphatic carbocycles. The van der Waals surface area contributed by atoms with E-state index in [-0.39, 0.29) is 22.5 Å². The van der Waals surface area contributed by atoms with E-state index >= 15 is 0 Å². The molecule has 0 unspecified atom stereocenters. The highest BCUT2D eigenvalue weighted by atomic mass is 35.5. The van der Waals surface area contributed by atoms with Crippen LogP contribution in [0.1, 0.15) is 28.8 Å². The van der Waals surface area contributed by atoms with Crippen LogP contribution in [0.15, 0.2) is 47.5 Å². The Morgan fingerprint density at radius 2 is 1.84 bits per heavy atom. The van der Waals surface area contributed by atoms with E-state index in [2.05, 4.69) is 10.3 Å². The molecule has 1 fully saturated rings. The van der Waals surface area contributed by atoms with E-state index in [1.807, 2.05) is 0 Å². The molecule has 1 aliphatic heterocycles. The third-order valence-corrected chi connectivity index (χ3v) is 6.30. The monoisotopic (exact) mass is 379 g/mol. The van der Waals surface area contributed by atoms with Gasteiger partial charge in [-0.25, -0.2) is 13.4 Å². The molecule has 2 heterocycles. The number of hydrogen-bond acceptors (Lipinski definition) is 4. The zero-order valence-corrected chi connectivity index (χ0v) is 15.1. The summed E-state index contributed by atoms with van der Waals surface area (Å²) in [7, 11) is -3.42. The Labute approximate surface area is 151 Å². The Balaban J connectivity index is 1.65. The molecule has 0 spiro atoms. The zero-order chi connectivity index (χ0) is 17.9. The normalized spacial score (nSPS) is 15.2. The van der Waals surface area contributed by atoms with Crippen molar-refractivity contribution in [1.82, 2.24) is 14.6 Å². The fourth-order valence-electron chi connectivity index (χ4n) is 2.69. The summed E-state index contributed by atoms with van der Waals surface area (Å²) in [5.41, 5.74) is 1.10. The largest absolute Gasteiger partial charge is 0.348 e. The van der Waals surface area contributed by atoms with Crippen LogP contribution < -0.4 is 5.32 Å². The number of rotatable bonds is 5. The molecule has 1 aromatic heterocycles. The molecule has 0 bridgehead atoms. The van der Waals surface area contributed by atoms with Crippen molar-refractivity contribution in [2.75, 3.05) is 13.1 Å². The third-order valence-electron chi connectivity index (χ3n) is 4.08. The molecular formula is C17H18ClN3O3S. The van der Waals surface area contributed by atoms with Gasteiger partial charge in [0, 0.05) is 25.8 Å². The highest BCUT2D eigenvalue weighted by Gasteiger charge is 2.26. The number of carbonyl (C=O) groups is 1. The first kappa shape index (κ1) is 17.8. The molecule has 8 heteroatoms. The average molecular weight is 380 g/mol. The van der Waals surface area contributed by atoms with Gasteiger partial charge in [0.2, 0.25) is 10.0 Å². The molecule has 1 N–H and O–H groups in total. The lowest BCUT2D eigenvalue weighted by Crippen LogP contribution is -2.28. The number of pyridine rings is 1. The van der Waals surface area contributed by atoms with Crippen LogP contribution in [0.25, 0.3) is 0 Å². The minimum Gasteiger partial charge on any atom is -0.348 e. The van der Waals surface area contributed by atoms with Gasteiger partial charge in [-0.2, -0.15) is 4.31 Å². The number of amides is 1. The second-order valence-corrected chi connectivity index (χ2v) is 8.08. The third kappa shape index (κ3) is 4.00. The molecular weight excluding hydrogens is 362 g/mol. The zero-order valence-electron chi connectivity index (χ0n) is 13.5. The Morgan fingerprint density at radius 1 is 1.16 bits per heavy atom. The van der Waals surface area contributed by atoms with Crippen LogP contribution in [0, 0.1) is 0 Å². The van der Waals surface area contributed by atoms with E-state index in [1.54, 1.807) is 36.4 Å². The molecule has 2 aromatic rings. The SMILES string of the molecule is O=C(NCc1ccc(S(=O)(=O)N2CCCC2)cc1)c1cccnc1Cl. The van der Waals surface area contributed by atoms with Crippen molar-refractivity contribution < 1.29 is 13.2 Å². The predicted molar refractivity (Wildman–Crippen MR) is 94.9 cm³/mol. The summed E-state index contributed by atoms with van der Waals surface area (Å²) in [5.74, 6) is -0.327. The summed E-state index contributed by atoms with van der Waals surface area (Å²) in [4.78, 5) is 16.2. The maximum Gasteiger partial charge on any atom is 0.254 e. The van der Waals surface area contributed by atoms with Crippen molar-refractivity contribution >= 4 is 27.5 Å². The van der Waals surface area contributed by atoms with Crippen molar-refractivity contribution in [1.29, 1.82) is 0 Å². The number of sulfonamides is 1. The first-order valence-electron chi connectivity index (χ1n) is 7.96. The van der Waals surface area contributed by atoms with Gasteiger partial charge in [-0.15, -0.1) is 0 Å². The molecule has 6 nitrogen and oxygen atoms in total. The number of halogens is 1. The van der Waals surface area contributed by atoms with Gasteiger partial charge in [0.1, 0.15) is 5.15 Å². The van der Waals surface area contributed by atoms with Crippen LogP contribution in [0.3, 0.4) is 0 Å². The van der Waals surface area contributed by atoms with E-state index < -0.39 is 10.0 Å². The number of nitrogens with one attached hydrogen (secondary N) is 1. The first-order valence-corrected chi connectivity index (χ1v) is 9.78. The number of aromatic nitrogens is 1. The molecule has 1 aromatic carbocycles. The summed E-state index contributed by atoms with van der Waals surface area (Å²) < 4.78 is 26.4. The van der Waals surface area contributed by atoms with Crippen molar-refractivity contribution in [2.24, 2.45) is 0 Å². The molecule has 1 aliphatic rings. The number of benzene rings is 1. The van der Waals surface area contributed by atoms with E-state index in [0.717, 1.165) is 18.4 Å². The molecule has 3 rings (SSSR count). The van der Waals surface area contributed by atoms with Crippen LogP contribution in [-0.2, 0) is 16.6 Å². The number of nitrogens with zero attached hydrogens (tertiary/aromatic N) is 2. The smallest absolute Gasteiger partial charge is 0.254 e. The standard InChI is InChI=1S/C17H18ClN3O3S/c18-16-15(4-3-9-19-16)17(22)20-12-13-5-7-14(8-6-13)25(23,24)21-10-1-2-11-21/h3-9H,1-2,10-12H2,(H,20,22). The molecule has 1 amide bonds. The topological polar surface area (TPSA) is 79.4 Å². The Kier molecular flexibility index (Phi) is 5.36. The minimum atomic E-state index is -3.42. The van der Waals surface area contributed by atoms with Crippen LogP contribution in [0.5, 0.6) is 0 Å². The second kappa shape index (κ2) is 7.51. The Hall–Kier alpha value is -1.96.